The Kier molecular flexibility index (Phi) is 5.87. The van der Waals surface area contributed by atoms with Crippen LogP contribution < -0.4 is 5.32 Å². The molecule has 2 nitrogen and oxygen atoms in total. The van der Waals surface area contributed by atoms with Crippen LogP contribution >= 0.6 is 31.9 Å². The second-order valence-corrected chi connectivity index (χ2v) is 7.20. The number of nitrogens with one attached hydrogen (secondary N) is 1. The molecule has 1 aromatic carbocycles. The highest BCUT2D eigenvalue weighted by Gasteiger charge is 2.26. The van der Waals surface area contributed by atoms with Crippen LogP contribution in [0.15, 0.2) is 27.1 Å². The predicted molar refractivity (Wildman–Crippen MR) is 86.2 cm³/mol. The van der Waals surface area contributed by atoms with Gasteiger partial charge in [-0.05, 0) is 55.8 Å². The van der Waals surface area contributed by atoms with E-state index in [0.29, 0.717) is 24.5 Å². The quantitative estimate of drug-likeness (QED) is 0.786. The molecule has 3 atom stereocenters. The fraction of sp³-hybridized carbons (Fsp3) is 0.600. The van der Waals surface area contributed by atoms with E-state index in [2.05, 4.69) is 62.3 Å². The predicted octanol–water partition coefficient (Wildman–Crippen LogP) is 4.27. The monoisotopic (exact) mass is 389 g/mol. The smallest absolute Gasteiger partial charge is 0.0462 e. The lowest BCUT2D eigenvalue weighted by Gasteiger charge is -2.22. The first-order valence-corrected chi connectivity index (χ1v) is 8.49. The molecule has 2 rings (SSSR count). The van der Waals surface area contributed by atoms with Crippen LogP contribution in [-0.2, 0) is 0 Å². The Labute approximate surface area is 132 Å². The van der Waals surface area contributed by atoms with E-state index < -0.39 is 0 Å². The number of aliphatic hydroxyl groups is 1. The van der Waals surface area contributed by atoms with Gasteiger partial charge in [-0.2, -0.15) is 0 Å². The van der Waals surface area contributed by atoms with Gasteiger partial charge >= 0.3 is 0 Å². The molecule has 0 spiro atoms. The molecule has 3 unspecified atom stereocenters. The third-order valence-corrected chi connectivity index (χ3v) is 5.35. The van der Waals surface area contributed by atoms with Crippen molar-refractivity contribution in [3.05, 3.63) is 32.7 Å². The Morgan fingerprint density at radius 3 is 2.74 bits per heavy atom. The Hall–Kier alpha value is 0.1000. The molecule has 0 saturated heterocycles. The third kappa shape index (κ3) is 4.03. The van der Waals surface area contributed by atoms with Gasteiger partial charge in [0.05, 0.1) is 0 Å². The number of aliphatic hydroxyl groups excluding tert-OH is 1. The Bertz CT molecular complexity index is 425. The number of benzene rings is 1. The minimum Gasteiger partial charge on any atom is -0.396 e. The highest BCUT2D eigenvalue weighted by atomic mass is 79.9. The lowest BCUT2D eigenvalue weighted by Crippen LogP contribution is -2.29. The molecule has 1 fully saturated rings. The van der Waals surface area contributed by atoms with Gasteiger partial charge < -0.3 is 10.4 Å². The molecule has 1 aliphatic rings. The third-order valence-electron chi connectivity index (χ3n) is 4.17. The van der Waals surface area contributed by atoms with E-state index in [9.17, 15) is 5.11 Å². The lowest BCUT2D eigenvalue weighted by atomic mass is 9.96. The molecular formula is C15H21Br2NO. The summed E-state index contributed by atoms with van der Waals surface area (Å²) in [5.41, 5.74) is 1.28. The normalized spacial score (nSPS) is 24.6. The van der Waals surface area contributed by atoms with E-state index in [1.54, 1.807) is 0 Å². The number of hydrogen-bond donors (Lipinski definition) is 2. The van der Waals surface area contributed by atoms with Gasteiger partial charge in [-0.1, -0.05) is 44.3 Å². The van der Waals surface area contributed by atoms with Crippen LogP contribution in [-0.4, -0.2) is 18.3 Å². The summed E-state index contributed by atoms with van der Waals surface area (Å²) in [5, 5.41) is 13.0. The zero-order chi connectivity index (χ0) is 13.8. The molecular weight excluding hydrogens is 370 g/mol. The molecule has 1 saturated carbocycles. The van der Waals surface area contributed by atoms with E-state index in [1.165, 1.54) is 24.8 Å². The van der Waals surface area contributed by atoms with Gasteiger partial charge in [0.25, 0.3) is 0 Å². The zero-order valence-electron chi connectivity index (χ0n) is 11.2. The van der Waals surface area contributed by atoms with E-state index in [1.807, 2.05) is 0 Å². The van der Waals surface area contributed by atoms with Crippen LogP contribution in [0.1, 0.15) is 37.8 Å². The summed E-state index contributed by atoms with van der Waals surface area (Å²) < 4.78 is 2.22. The van der Waals surface area contributed by atoms with Gasteiger partial charge in [0.15, 0.2) is 0 Å². The molecule has 0 aromatic heterocycles. The van der Waals surface area contributed by atoms with Gasteiger partial charge in [0.2, 0.25) is 0 Å². The molecule has 1 aromatic rings. The minimum absolute atomic E-state index is 0.322. The van der Waals surface area contributed by atoms with Gasteiger partial charge in [-0.15, -0.1) is 0 Å². The first-order chi connectivity index (χ1) is 9.11. The summed E-state index contributed by atoms with van der Waals surface area (Å²) in [6.07, 6.45) is 3.68. The topological polar surface area (TPSA) is 32.3 Å². The lowest BCUT2D eigenvalue weighted by molar-refractivity contribution is 0.190. The van der Waals surface area contributed by atoms with Crippen LogP contribution in [0.2, 0.25) is 0 Å². The summed E-state index contributed by atoms with van der Waals surface area (Å²) in [6, 6.07) is 6.62. The van der Waals surface area contributed by atoms with Crippen molar-refractivity contribution in [2.24, 2.45) is 11.8 Å². The second-order valence-electron chi connectivity index (χ2n) is 5.43. The highest BCUT2D eigenvalue weighted by molar-refractivity contribution is 9.11. The van der Waals surface area contributed by atoms with Gasteiger partial charge in [0, 0.05) is 21.6 Å². The summed E-state index contributed by atoms with van der Waals surface area (Å²) in [6.45, 7) is 3.52. The molecule has 0 radical (unpaired) electrons. The van der Waals surface area contributed by atoms with Crippen molar-refractivity contribution in [3.63, 3.8) is 0 Å². The molecule has 1 aliphatic carbocycles. The molecule has 19 heavy (non-hydrogen) atoms. The van der Waals surface area contributed by atoms with Crippen LogP contribution in [0.4, 0.5) is 0 Å². The Morgan fingerprint density at radius 1 is 1.32 bits per heavy atom. The number of rotatable bonds is 5. The molecule has 0 bridgehead atoms. The standard InChI is InChI=1S/C15H21Br2NO/c1-10(14-6-5-13(16)7-15(14)17)18-8-11-3-2-4-12(11)9-19/h5-7,10-12,18-19H,2-4,8-9H2,1H3. The molecule has 0 amide bonds. The van der Waals surface area contributed by atoms with Gasteiger partial charge in [-0.3, -0.25) is 0 Å². The second kappa shape index (κ2) is 7.21. The van der Waals surface area contributed by atoms with E-state index in [-0.39, 0.29) is 0 Å². The Balaban J connectivity index is 1.92. The summed E-state index contributed by atoms with van der Waals surface area (Å²) in [4.78, 5) is 0. The van der Waals surface area contributed by atoms with Crippen LogP contribution in [0, 0.1) is 11.8 Å². The fourth-order valence-electron chi connectivity index (χ4n) is 2.91. The Morgan fingerprint density at radius 2 is 2.05 bits per heavy atom. The molecule has 0 heterocycles. The van der Waals surface area contributed by atoms with E-state index in [0.717, 1.165) is 15.5 Å². The number of halogens is 2. The first-order valence-electron chi connectivity index (χ1n) is 6.91. The first kappa shape index (κ1) is 15.5. The van der Waals surface area contributed by atoms with Crippen molar-refractivity contribution >= 4 is 31.9 Å². The van der Waals surface area contributed by atoms with Crippen LogP contribution in [0.25, 0.3) is 0 Å². The maximum Gasteiger partial charge on any atom is 0.0462 e. The van der Waals surface area contributed by atoms with Gasteiger partial charge in [0.1, 0.15) is 0 Å². The fourth-order valence-corrected chi connectivity index (χ4v) is 4.30. The highest BCUT2D eigenvalue weighted by Crippen LogP contribution is 2.32. The van der Waals surface area contributed by atoms with Crippen molar-refractivity contribution in [2.75, 3.05) is 13.2 Å². The maximum atomic E-state index is 9.35. The van der Waals surface area contributed by atoms with Crippen molar-refractivity contribution in [1.82, 2.24) is 5.32 Å². The van der Waals surface area contributed by atoms with Crippen molar-refractivity contribution in [2.45, 2.75) is 32.2 Å². The SMILES string of the molecule is CC(NCC1CCCC1CO)c1ccc(Br)cc1Br. The van der Waals surface area contributed by atoms with Crippen molar-refractivity contribution in [3.8, 4) is 0 Å². The minimum atomic E-state index is 0.322. The molecule has 0 aliphatic heterocycles. The largest absolute Gasteiger partial charge is 0.396 e. The average Bonchev–Trinajstić information content (AvgIpc) is 2.83. The van der Waals surface area contributed by atoms with Crippen molar-refractivity contribution < 1.29 is 5.11 Å². The average molecular weight is 391 g/mol. The van der Waals surface area contributed by atoms with Crippen LogP contribution in [0.3, 0.4) is 0 Å². The zero-order valence-corrected chi connectivity index (χ0v) is 14.4. The summed E-state index contributed by atoms with van der Waals surface area (Å²) >= 11 is 7.09. The molecule has 106 valence electrons. The summed E-state index contributed by atoms with van der Waals surface area (Å²) in [7, 11) is 0. The van der Waals surface area contributed by atoms with E-state index in [4.69, 9.17) is 0 Å². The van der Waals surface area contributed by atoms with Crippen LogP contribution in [0.5, 0.6) is 0 Å². The number of hydrogen-bond acceptors (Lipinski definition) is 2. The molecule has 4 heteroatoms. The molecule has 2 N–H and O–H groups in total. The maximum absolute atomic E-state index is 9.35. The van der Waals surface area contributed by atoms with E-state index >= 15 is 0 Å². The summed E-state index contributed by atoms with van der Waals surface area (Å²) in [5.74, 6) is 1.12. The van der Waals surface area contributed by atoms with Crippen molar-refractivity contribution in [1.29, 1.82) is 0 Å². The van der Waals surface area contributed by atoms with Gasteiger partial charge in [-0.25, -0.2) is 0 Å².